The maximum Gasteiger partial charge on any atom is 0.317 e. The van der Waals surface area contributed by atoms with Crippen molar-refractivity contribution in [2.75, 3.05) is 19.6 Å². The molecule has 1 saturated carbocycles. The zero-order valence-electron chi connectivity index (χ0n) is 10.2. The Hall–Kier alpha value is -0.730. The van der Waals surface area contributed by atoms with Gasteiger partial charge in [-0.1, -0.05) is 32.1 Å². The van der Waals surface area contributed by atoms with Gasteiger partial charge in [0.05, 0.1) is 0 Å². The van der Waals surface area contributed by atoms with Gasteiger partial charge in [-0.2, -0.15) is 0 Å². The Morgan fingerprint density at radius 1 is 1.06 bits per heavy atom. The summed E-state index contributed by atoms with van der Waals surface area (Å²) in [6, 6.07) is 0.160. The molecule has 0 radical (unpaired) electrons. The van der Waals surface area contributed by atoms with Crippen molar-refractivity contribution in [3.8, 4) is 0 Å². The quantitative estimate of drug-likeness (QED) is 0.785. The lowest BCUT2D eigenvalue weighted by Gasteiger charge is -2.22. The highest BCUT2D eigenvalue weighted by Crippen LogP contribution is 2.25. The van der Waals surface area contributed by atoms with E-state index in [2.05, 4.69) is 5.32 Å². The number of carbonyl (C=O) groups is 1. The highest BCUT2D eigenvalue weighted by molar-refractivity contribution is 5.74. The molecule has 0 aromatic heterocycles. The van der Waals surface area contributed by atoms with Crippen LogP contribution in [0.4, 0.5) is 4.79 Å². The SMILES string of the molecule is O=C(NCCC1CCCCC1)N1CCCC1. The molecule has 0 spiro atoms. The van der Waals surface area contributed by atoms with Crippen molar-refractivity contribution in [3.05, 3.63) is 0 Å². The summed E-state index contributed by atoms with van der Waals surface area (Å²) in [4.78, 5) is 13.6. The van der Waals surface area contributed by atoms with Gasteiger partial charge in [0.1, 0.15) is 0 Å². The molecule has 2 rings (SSSR count). The second-order valence-corrected chi connectivity index (χ2v) is 5.22. The van der Waals surface area contributed by atoms with E-state index in [0.717, 1.165) is 25.6 Å². The second kappa shape index (κ2) is 6.12. The number of rotatable bonds is 3. The van der Waals surface area contributed by atoms with Crippen molar-refractivity contribution in [2.45, 2.75) is 51.4 Å². The van der Waals surface area contributed by atoms with E-state index in [-0.39, 0.29) is 6.03 Å². The molecule has 0 aromatic carbocycles. The van der Waals surface area contributed by atoms with E-state index in [9.17, 15) is 4.79 Å². The van der Waals surface area contributed by atoms with Crippen LogP contribution in [0.1, 0.15) is 51.4 Å². The first kappa shape index (κ1) is 11.7. The minimum atomic E-state index is 0.160. The smallest absolute Gasteiger partial charge is 0.317 e. The minimum absolute atomic E-state index is 0.160. The molecule has 0 aromatic rings. The Balaban J connectivity index is 1.57. The summed E-state index contributed by atoms with van der Waals surface area (Å²) in [5.74, 6) is 0.868. The van der Waals surface area contributed by atoms with Gasteiger partial charge < -0.3 is 10.2 Å². The van der Waals surface area contributed by atoms with Crippen LogP contribution in [0.5, 0.6) is 0 Å². The van der Waals surface area contributed by atoms with Crippen LogP contribution in [0, 0.1) is 5.92 Å². The lowest BCUT2D eigenvalue weighted by molar-refractivity contribution is 0.207. The fourth-order valence-corrected chi connectivity index (χ4v) is 2.89. The van der Waals surface area contributed by atoms with Gasteiger partial charge in [0.15, 0.2) is 0 Å². The first-order valence-corrected chi connectivity index (χ1v) is 6.89. The normalized spacial score (nSPS) is 22.4. The second-order valence-electron chi connectivity index (χ2n) is 5.22. The van der Waals surface area contributed by atoms with Gasteiger partial charge in [-0.15, -0.1) is 0 Å². The zero-order chi connectivity index (χ0) is 11.2. The van der Waals surface area contributed by atoms with Gasteiger partial charge in [0.25, 0.3) is 0 Å². The van der Waals surface area contributed by atoms with Crippen LogP contribution in [0.15, 0.2) is 0 Å². The Labute approximate surface area is 98.6 Å². The third kappa shape index (κ3) is 3.39. The van der Waals surface area contributed by atoms with E-state index in [1.807, 2.05) is 4.90 Å². The van der Waals surface area contributed by atoms with E-state index in [4.69, 9.17) is 0 Å². The topological polar surface area (TPSA) is 32.3 Å². The van der Waals surface area contributed by atoms with E-state index in [1.54, 1.807) is 0 Å². The van der Waals surface area contributed by atoms with Crippen molar-refractivity contribution in [3.63, 3.8) is 0 Å². The standard InChI is InChI=1S/C13H24N2O/c16-13(15-10-4-5-11-15)14-9-8-12-6-2-1-3-7-12/h12H,1-11H2,(H,14,16). The van der Waals surface area contributed by atoms with Crippen LogP contribution in [0.25, 0.3) is 0 Å². The molecule has 1 saturated heterocycles. The molecule has 1 aliphatic carbocycles. The Bertz CT molecular complexity index is 218. The van der Waals surface area contributed by atoms with Gasteiger partial charge in [0, 0.05) is 19.6 Å². The summed E-state index contributed by atoms with van der Waals surface area (Å²) in [5, 5.41) is 3.06. The minimum Gasteiger partial charge on any atom is -0.338 e. The summed E-state index contributed by atoms with van der Waals surface area (Å²) >= 11 is 0. The molecule has 1 heterocycles. The van der Waals surface area contributed by atoms with Crippen LogP contribution in [0.2, 0.25) is 0 Å². The lowest BCUT2D eigenvalue weighted by Crippen LogP contribution is -2.38. The zero-order valence-corrected chi connectivity index (χ0v) is 10.2. The number of urea groups is 1. The van der Waals surface area contributed by atoms with Gasteiger partial charge in [-0.25, -0.2) is 4.79 Å². The summed E-state index contributed by atoms with van der Waals surface area (Å²) in [5.41, 5.74) is 0. The van der Waals surface area contributed by atoms with Crippen molar-refractivity contribution in [1.82, 2.24) is 10.2 Å². The van der Waals surface area contributed by atoms with E-state index < -0.39 is 0 Å². The molecule has 2 amide bonds. The van der Waals surface area contributed by atoms with Crippen molar-refractivity contribution >= 4 is 6.03 Å². The molecule has 0 bridgehead atoms. The largest absolute Gasteiger partial charge is 0.338 e. The van der Waals surface area contributed by atoms with Crippen LogP contribution in [-0.2, 0) is 0 Å². The van der Waals surface area contributed by atoms with Crippen molar-refractivity contribution in [2.24, 2.45) is 5.92 Å². The van der Waals surface area contributed by atoms with Gasteiger partial charge >= 0.3 is 6.03 Å². The van der Waals surface area contributed by atoms with Crippen LogP contribution in [-0.4, -0.2) is 30.6 Å². The molecule has 3 heteroatoms. The maximum absolute atomic E-state index is 11.7. The summed E-state index contributed by atoms with van der Waals surface area (Å²) in [6.07, 6.45) is 10.5. The number of likely N-dealkylation sites (tertiary alicyclic amines) is 1. The molecular formula is C13H24N2O. The van der Waals surface area contributed by atoms with Gasteiger partial charge in [-0.05, 0) is 25.2 Å². The van der Waals surface area contributed by atoms with Crippen molar-refractivity contribution in [1.29, 1.82) is 0 Å². The summed E-state index contributed by atoms with van der Waals surface area (Å²) in [7, 11) is 0. The average molecular weight is 224 g/mol. The van der Waals surface area contributed by atoms with E-state index in [1.165, 1.54) is 51.4 Å². The molecule has 0 atom stereocenters. The molecular weight excluding hydrogens is 200 g/mol. The number of nitrogens with one attached hydrogen (secondary N) is 1. The van der Waals surface area contributed by atoms with E-state index >= 15 is 0 Å². The Morgan fingerprint density at radius 2 is 1.75 bits per heavy atom. The highest BCUT2D eigenvalue weighted by Gasteiger charge is 2.18. The molecule has 16 heavy (non-hydrogen) atoms. The number of hydrogen-bond acceptors (Lipinski definition) is 1. The molecule has 0 unspecified atom stereocenters. The van der Waals surface area contributed by atoms with Crippen LogP contribution >= 0.6 is 0 Å². The number of hydrogen-bond donors (Lipinski definition) is 1. The van der Waals surface area contributed by atoms with Gasteiger partial charge in [0.2, 0.25) is 0 Å². The fourth-order valence-electron chi connectivity index (χ4n) is 2.89. The molecule has 1 aliphatic heterocycles. The predicted molar refractivity (Wildman–Crippen MR) is 65.4 cm³/mol. The molecule has 1 N–H and O–H groups in total. The van der Waals surface area contributed by atoms with Crippen LogP contribution < -0.4 is 5.32 Å². The van der Waals surface area contributed by atoms with Crippen LogP contribution in [0.3, 0.4) is 0 Å². The number of carbonyl (C=O) groups excluding carboxylic acids is 1. The monoisotopic (exact) mass is 224 g/mol. The first-order chi connectivity index (χ1) is 7.86. The molecule has 3 nitrogen and oxygen atoms in total. The Kier molecular flexibility index (Phi) is 4.49. The maximum atomic E-state index is 11.7. The molecule has 2 aliphatic rings. The molecule has 92 valence electrons. The summed E-state index contributed by atoms with van der Waals surface area (Å²) in [6.45, 7) is 2.78. The van der Waals surface area contributed by atoms with Crippen molar-refractivity contribution < 1.29 is 4.79 Å². The predicted octanol–water partition coefficient (Wildman–Crippen LogP) is 2.76. The number of nitrogens with zero attached hydrogens (tertiary/aromatic N) is 1. The molecule has 2 fully saturated rings. The highest BCUT2D eigenvalue weighted by atomic mass is 16.2. The first-order valence-electron chi connectivity index (χ1n) is 6.89. The number of amides is 2. The third-order valence-electron chi connectivity index (χ3n) is 3.95. The average Bonchev–Trinajstić information content (AvgIpc) is 2.84. The fraction of sp³-hybridized carbons (Fsp3) is 0.923. The lowest BCUT2D eigenvalue weighted by atomic mass is 9.87. The summed E-state index contributed by atoms with van der Waals surface area (Å²) < 4.78 is 0. The van der Waals surface area contributed by atoms with E-state index in [0.29, 0.717) is 0 Å². The van der Waals surface area contributed by atoms with Gasteiger partial charge in [-0.3, -0.25) is 0 Å². The third-order valence-corrected chi connectivity index (χ3v) is 3.95. The Morgan fingerprint density at radius 3 is 2.44 bits per heavy atom.